The van der Waals surface area contributed by atoms with E-state index < -0.39 is 0 Å². The van der Waals surface area contributed by atoms with Crippen LogP contribution in [-0.2, 0) is 6.42 Å². The maximum atomic E-state index is 4.57. The number of thiophene rings is 1. The van der Waals surface area contributed by atoms with Crippen molar-refractivity contribution in [3.8, 4) is 0 Å². The van der Waals surface area contributed by atoms with Gasteiger partial charge in [0, 0.05) is 18.8 Å². The summed E-state index contributed by atoms with van der Waals surface area (Å²) in [6.45, 7) is 8.42. The normalized spacial score (nSPS) is 11.8. The van der Waals surface area contributed by atoms with E-state index in [1.807, 2.05) is 30.3 Å². The molecule has 0 N–H and O–H groups in total. The zero-order valence-corrected chi connectivity index (χ0v) is 19.5. The van der Waals surface area contributed by atoms with Crippen molar-refractivity contribution >= 4 is 59.4 Å². The number of thiazole rings is 1. The lowest BCUT2D eigenvalue weighted by Gasteiger charge is -2.20. The Morgan fingerprint density at radius 1 is 0.774 bits per heavy atom. The second-order valence-corrected chi connectivity index (χ2v) is 8.88. The number of nitrogens with zero attached hydrogens (tertiary/aromatic N) is 6. The largest absolute Gasteiger partial charge is 0.372 e. The van der Waals surface area contributed by atoms with E-state index >= 15 is 0 Å². The fourth-order valence-electron chi connectivity index (χ4n) is 3.13. The average Bonchev–Trinajstić information content (AvgIpc) is 3.37. The van der Waals surface area contributed by atoms with Crippen molar-refractivity contribution in [2.75, 3.05) is 18.0 Å². The molecule has 0 amide bonds. The molecular weight excluding hydrogens is 424 g/mol. The molecule has 2 heterocycles. The van der Waals surface area contributed by atoms with Crippen molar-refractivity contribution in [1.82, 2.24) is 4.98 Å². The van der Waals surface area contributed by atoms with E-state index in [4.69, 9.17) is 0 Å². The van der Waals surface area contributed by atoms with Crippen molar-refractivity contribution < 1.29 is 0 Å². The van der Waals surface area contributed by atoms with Crippen LogP contribution in [0.2, 0.25) is 0 Å². The first kappa shape index (κ1) is 21.3. The molecule has 6 nitrogen and oxygen atoms in total. The maximum Gasteiger partial charge on any atom is 0.231 e. The molecule has 0 saturated heterocycles. The first-order valence-electron chi connectivity index (χ1n) is 10.4. The standard InChI is InChI=1S/C23H24N6S2/c1-4-16-7-9-17(10-8-16)25-27-21-15-20-22(31-21)24-23(30-20)28-26-18-11-13-19(14-12-18)29(5-2)6-3/h7-15H,4-6H2,1-3H3. The number of benzene rings is 2. The summed E-state index contributed by atoms with van der Waals surface area (Å²) in [7, 11) is 0. The predicted octanol–water partition coefficient (Wildman–Crippen LogP) is 8.60. The van der Waals surface area contributed by atoms with E-state index in [9.17, 15) is 0 Å². The van der Waals surface area contributed by atoms with E-state index in [2.05, 4.69) is 75.4 Å². The fourth-order valence-corrected chi connectivity index (χ4v) is 4.98. The Kier molecular flexibility index (Phi) is 6.79. The topological polar surface area (TPSA) is 65.6 Å². The van der Waals surface area contributed by atoms with E-state index in [0.29, 0.717) is 5.13 Å². The molecule has 2 aromatic carbocycles. The van der Waals surface area contributed by atoms with Gasteiger partial charge in [0.1, 0.15) is 9.83 Å². The number of aromatic nitrogens is 1. The molecule has 158 valence electrons. The molecule has 4 rings (SSSR count). The molecule has 2 aromatic heterocycles. The summed E-state index contributed by atoms with van der Waals surface area (Å²) in [5.41, 5.74) is 4.16. The second-order valence-electron chi connectivity index (χ2n) is 6.86. The van der Waals surface area contributed by atoms with Crippen LogP contribution in [0.25, 0.3) is 9.53 Å². The van der Waals surface area contributed by atoms with Gasteiger partial charge in [-0.2, -0.15) is 0 Å². The molecule has 0 radical (unpaired) electrons. The third kappa shape index (κ3) is 5.21. The molecule has 0 spiro atoms. The fraction of sp³-hybridized carbons (Fsp3) is 0.261. The third-order valence-corrected chi connectivity index (χ3v) is 6.83. The monoisotopic (exact) mass is 448 g/mol. The van der Waals surface area contributed by atoms with Crippen LogP contribution in [0.5, 0.6) is 0 Å². The highest BCUT2D eigenvalue weighted by atomic mass is 32.1. The predicted molar refractivity (Wildman–Crippen MR) is 132 cm³/mol. The van der Waals surface area contributed by atoms with Crippen LogP contribution in [0, 0.1) is 0 Å². The van der Waals surface area contributed by atoms with Crippen LogP contribution >= 0.6 is 22.7 Å². The molecular formula is C23H24N6S2. The number of azo groups is 2. The minimum atomic E-state index is 0.646. The lowest BCUT2D eigenvalue weighted by atomic mass is 10.2. The van der Waals surface area contributed by atoms with Crippen LogP contribution in [0.4, 0.5) is 27.2 Å². The number of rotatable bonds is 8. The van der Waals surface area contributed by atoms with Gasteiger partial charge in [-0.3, -0.25) is 0 Å². The molecule has 0 fully saturated rings. The van der Waals surface area contributed by atoms with Crippen molar-refractivity contribution in [3.63, 3.8) is 0 Å². The molecule has 0 bridgehead atoms. The van der Waals surface area contributed by atoms with Gasteiger partial charge in [0.05, 0.1) is 16.1 Å². The molecule has 4 aromatic rings. The quantitative estimate of drug-likeness (QED) is 0.253. The highest BCUT2D eigenvalue weighted by molar-refractivity contribution is 7.30. The van der Waals surface area contributed by atoms with Gasteiger partial charge in [-0.05, 0) is 68.3 Å². The third-order valence-electron chi connectivity index (χ3n) is 4.90. The first-order valence-corrected chi connectivity index (χ1v) is 12.0. The highest BCUT2D eigenvalue weighted by Crippen LogP contribution is 2.39. The molecule has 0 atom stereocenters. The van der Waals surface area contributed by atoms with Gasteiger partial charge in [-0.1, -0.05) is 41.7 Å². The van der Waals surface area contributed by atoms with Crippen molar-refractivity contribution in [2.24, 2.45) is 20.5 Å². The zero-order chi connectivity index (χ0) is 21.6. The molecule has 0 saturated carbocycles. The van der Waals surface area contributed by atoms with Gasteiger partial charge in [0.25, 0.3) is 0 Å². The summed E-state index contributed by atoms with van der Waals surface area (Å²) in [6, 6.07) is 18.3. The summed E-state index contributed by atoms with van der Waals surface area (Å²) in [4.78, 5) is 7.77. The summed E-state index contributed by atoms with van der Waals surface area (Å²) < 4.78 is 1.05. The van der Waals surface area contributed by atoms with Crippen LogP contribution < -0.4 is 4.90 Å². The summed E-state index contributed by atoms with van der Waals surface area (Å²) in [5, 5.41) is 18.8. The van der Waals surface area contributed by atoms with E-state index in [1.54, 1.807) is 0 Å². The Morgan fingerprint density at radius 3 is 2.03 bits per heavy atom. The maximum absolute atomic E-state index is 4.57. The van der Waals surface area contributed by atoms with Crippen LogP contribution in [0.15, 0.2) is 75.1 Å². The Bertz CT molecular complexity index is 1150. The molecule has 0 aliphatic rings. The lowest BCUT2D eigenvalue weighted by molar-refractivity contribution is 0.866. The molecule has 31 heavy (non-hydrogen) atoms. The van der Waals surface area contributed by atoms with E-state index in [1.165, 1.54) is 33.9 Å². The number of anilines is 1. The van der Waals surface area contributed by atoms with Gasteiger partial charge in [-0.15, -0.1) is 20.5 Å². The summed E-state index contributed by atoms with van der Waals surface area (Å²) in [6.07, 6.45) is 1.02. The highest BCUT2D eigenvalue weighted by Gasteiger charge is 2.08. The minimum absolute atomic E-state index is 0.646. The Morgan fingerprint density at radius 2 is 1.42 bits per heavy atom. The number of aryl methyl sites for hydroxylation is 1. The molecule has 8 heteroatoms. The first-order chi connectivity index (χ1) is 15.2. The number of hydrogen-bond donors (Lipinski definition) is 0. The summed E-state index contributed by atoms with van der Waals surface area (Å²) in [5.74, 6) is 0. The Hall–Kier alpha value is -2.97. The van der Waals surface area contributed by atoms with Crippen molar-refractivity contribution in [3.05, 3.63) is 60.2 Å². The number of fused-ring (bicyclic) bond motifs is 1. The van der Waals surface area contributed by atoms with E-state index in [0.717, 1.165) is 45.4 Å². The van der Waals surface area contributed by atoms with Gasteiger partial charge < -0.3 is 4.90 Å². The molecule has 0 unspecified atom stereocenters. The Balaban J connectivity index is 1.43. The van der Waals surface area contributed by atoms with E-state index in [-0.39, 0.29) is 0 Å². The minimum Gasteiger partial charge on any atom is -0.372 e. The Labute approximate surface area is 190 Å². The SMILES string of the molecule is CCc1ccc(N=Nc2cc3sc(N=Nc4ccc(N(CC)CC)cc4)nc3s2)cc1. The average molecular weight is 449 g/mol. The van der Waals surface area contributed by atoms with Gasteiger partial charge in [0.2, 0.25) is 5.13 Å². The number of hydrogen-bond acceptors (Lipinski definition) is 8. The van der Waals surface area contributed by atoms with Crippen LogP contribution in [0.1, 0.15) is 26.3 Å². The van der Waals surface area contributed by atoms with Crippen molar-refractivity contribution in [2.45, 2.75) is 27.2 Å². The van der Waals surface area contributed by atoms with Gasteiger partial charge in [-0.25, -0.2) is 4.98 Å². The smallest absolute Gasteiger partial charge is 0.231 e. The lowest BCUT2D eigenvalue weighted by Crippen LogP contribution is -2.21. The van der Waals surface area contributed by atoms with Gasteiger partial charge >= 0.3 is 0 Å². The van der Waals surface area contributed by atoms with Crippen LogP contribution in [0.3, 0.4) is 0 Å². The molecule has 0 aliphatic carbocycles. The van der Waals surface area contributed by atoms with Crippen molar-refractivity contribution in [1.29, 1.82) is 0 Å². The van der Waals surface area contributed by atoms with Crippen LogP contribution in [-0.4, -0.2) is 18.1 Å². The summed E-state index contributed by atoms with van der Waals surface area (Å²) >= 11 is 3.02. The second kappa shape index (κ2) is 9.89. The zero-order valence-electron chi connectivity index (χ0n) is 17.8. The molecule has 0 aliphatic heterocycles. The van der Waals surface area contributed by atoms with Gasteiger partial charge in [0.15, 0.2) is 0 Å².